The van der Waals surface area contributed by atoms with Crippen molar-refractivity contribution in [2.75, 3.05) is 12.8 Å². The summed E-state index contributed by atoms with van der Waals surface area (Å²) in [6.45, 7) is 2.89. The van der Waals surface area contributed by atoms with E-state index in [1.807, 2.05) is 6.92 Å². The van der Waals surface area contributed by atoms with E-state index in [1.54, 1.807) is 6.26 Å². The zero-order valence-electron chi connectivity index (χ0n) is 10.2. The number of nitriles is 1. The Labute approximate surface area is 101 Å². The van der Waals surface area contributed by atoms with Crippen molar-refractivity contribution in [2.24, 2.45) is 5.92 Å². The van der Waals surface area contributed by atoms with Crippen LogP contribution in [0.3, 0.4) is 0 Å². The van der Waals surface area contributed by atoms with Gasteiger partial charge in [0.2, 0.25) is 0 Å². The Hall–Kier alpha value is -0.400. The minimum atomic E-state index is -0.732. The molecule has 1 N–H and O–H groups in total. The topological polar surface area (TPSA) is 52.9 Å². The third-order valence-electron chi connectivity index (χ3n) is 3.46. The van der Waals surface area contributed by atoms with E-state index in [0.717, 1.165) is 25.8 Å². The fourth-order valence-corrected chi connectivity index (χ4v) is 2.62. The minimum Gasteiger partial charge on any atom is -0.313 e. The second-order valence-corrected chi connectivity index (χ2v) is 6.48. The highest BCUT2D eigenvalue weighted by molar-refractivity contribution is 7.84. The number of rotatable bonds is 5. The van der Waals surface area contributed by atoms with E-state index < -0.39 is 10.8 Å². The highest BCUT2D eigenvalue weighted by Gasteiger charge is 2.24. The number of nitrogens with zero attached hydrogens (tertiary/aromatic N) is 1. The van der Waals surface area contributed by atoms with Gasteiger partial charge < -0.3 is 5.32 Å². The normalized spacial score (nSPS) is 29.3. The Balaban J connectivity index is 2.26. The van der Waals surface area contributed by atoms with Gasteiger partial charge in [0, 0.05) is 28.3 Å². The lowest BCUT2D eigenvalue weighted by Gasteiger charge is -2.28. The van der Waals surface area contributed by atoms with Crippen molar-refractivity contribution in [3.8, 4) is 6.07 Å². The largest absolute Gasteiger partial charge is 0.313 e. The molecular weight excluding hydrogens is 220 g/mol. The maximum Gasteiger partial charge on any atom is 0.0672 e. The molecule has 0 aromatic rings. The maximum atomic E-state index is 11.2. The molecule has 0 amide bonds. The van der Waals surface area contributed by atoms with Crippen molar-refractivity contribution in [2.45, 2.75) is 50.3 Å². The van der Waals surface area contributed by atoms with E-state index in [2.05, 4.69) is 11.4 Å². The molecule has 0 saturated heterocycles. The third kappa shape index (κ3) is 4.23. The number of nitrogens with one attached hydrogen (secondary N) is 1. The molecule has 1 saturated carbocycles. The molecule has 0 aromatic heterocycles. The summed E-state index contributed by atoms with van der Waals surface area (Å²) in [6.07, 6.45) is 7.24. The van der Waals surface area contributed by atoms with Crippen LogP contribution in [0.2, 0.25) is 0 Å². The molecule has 1 aliphatic carbocycles. The van der Waals surface area contributed by atoms with E-state index in [1.165, 1.54) is 12.8 Å². The summed E-state index contributed by atoms with van der Waals surface area (Å²) in [7, 11) is -0.732. The highest BCUT2D eigenvalue weighted by Crippen LogP contribution is 2.23. The first kappa shape index (κ1) is 13.7. The van der Waals surface area contributed by atoms with Crippen LogP contribution < -0.4 is 5.32 Å². The zero-order chi connectivity index (χ0) is 12.0. The Morgan fingerprint density at radius 2 is 2.19 bits per heavy atom. The second kappa shape index (κ2) is 7.03. The van der Waals surface area contributed by atoms with Crippen LogP contribution in [0.4, 0.5) is 0 Å². The van der Waals surface area contributed by atoms with Crippen LogP contribution in [0.5, 0.6) is 0 Å². The van der Waals surface area contributed by atoms with Gasteiger partial charge in [-0.15, -0.1) is 0 Å². The first-order chi connectivity index (χ1) is 7.65. The van der Waals surface area contributed by atoms with Gasteiger partial charge in [-0.3, -0.25) is 4.21 Å². The van der Waals surface area contributed by atoms with Crippen molar-refractivity contribution in [1.82, 2.24) is 5.32 Å². The average molecular weight is 242 g/mol. The summed E-state index contributed by atoms with van der Waals surface area (Å²) < 4.78 is 11.2. The van der Waals surface area contributed by atoms with Crippen LogP contribution in [0.25, 0.3) is 0 Å². The summed E-state index contributed by atoms with van der Waals surface area (Å²) in [5, 5.41) is 12.7. The highest BCUT2D eigenvalue weighted by atomic mass is 32.2. The smallest absolute Gasteiger partial charge is 0.0672 e. The summed E-state index contributed by atoms with van der Waals surface area (Å²) >= 11 is 0. The molecule has 4 atom stereocenters. The molecule has 0 aliphatic heterocycles. The molecule has 0 radical (unpaired) electrons. The average Bonchev–Trinajstić information content (AvgIpc) is 2.29. The van der Waals surface area contributed by atoms with Gasteiger partial charge in [0.25, 0.3) is 0 Å². The fraction of sp³-hybridized carbons (Fsp3) is 0.917. The summed E-state index contributed by atoms with van der Waals surface area (Å²) in [4.78, 5) is 0. The van der Waals surface area contributed by atoms with Crippen LogP contribution in [-0.2, 0) is 10.8 Å². The van der Waals surface area contributed by atoms with Gasteiger partial charge in [-0.1, -0.05) is 19.8 Å². The predicted molar refractivity (Wildman–Crippen MR) is 67.5 cm³/mol. The Bertz CT molecular complexity index is 275. The van der Waals surface area contributed by atoms with Crippen molar-refractivity contribution in [1.29, 1.82) is 5.26 Å². The summed E-state index contributed by atoms with van der Waals surface area (Å²) in [5.41, 5.74) is 0. The molecule has 0 aromatic carbocycles. The van der Waals surface area contributed by atoms with Crippen LogP contribution >= 0.6 is 0 Å². The van der Waals surface area contributed by atoms with Gasteiger partial charge in [0.1, 0.15) is 0 Å². The molecule has 0 heterocycles. The molecule has 92 valence electrons. The zero-order valence-corrected chi connectivity index (χ0v) is 11.1. The summed E-state index contributed by atoms with van der Waals surface area (Å²) in [5.74, 6) is 0.177. The van der Waals surface area contributed by atoms with Crippen molar-refractivity contribution >= 4 is 10.8 Å². The molecule has 16 heavy (non-hydrogen) atoms. The van der Waals surface area contributed by atoms with Crippen LogP contribution in [0.15, 0.2) is 0 Å². The van der Waals surface area contributed by atoms with Crippen LogP contribution in [-0.4, -0.2) is 28.3 Å². The molecule has 4 unspecified atom stereocenters. The lowest BCUT2D eigenvalue weighted by Crippen LogP contribution is -2.39. The number of hydrogen-bond donors (Lipinski definition) is 1. The van der Waals surface area contributed by atoms with E-state index in [-0.39, 0.29) is 11.2 Å². The molecule has 4 heteroatoms. The molecule has 1 fully saturated rings. The quantitative estimate of drug-likeness (QED) is 0.800. The fourth-order valence-electron chi connectivity index (χ4n) is 2.17. The van der Waals surface area contributed by atoms with E-state index in [4.69, 9.17) is 5.26 Å². The van der Waals surface area contributed by atoms with Gasteiger partial charge >= 0.3 is 0 Å². The lowest BCUT2D eigenvalue weighted by atomic mass is 9.85. The van der Waals surface area contributed by atoms with Crippen molar-refractivity contribution in [3.63, 3.8) is 0 Å². The van der Waals surface area contributed by atoms with Gasteiger partial charge in [-0.05, 0) is 25.8 Å². The molecule has 1 rings (SSSR count). The Kier molecular flexibility index (Phi) is 6.00. The van der Waals surface area contributed by atoms with Gasteiger partial charge in [-0.2, -0.15) is 5.26 Å². The molecular formula is C12H22N2OS. The standard InChI is InChI=1S/C12H22N2OS/c1-10(16(2)15)7-8-14-12-6-4-3-5-11(12)9-13/h10-12,14H,3-8H2,1-2H3. The van der Waals surface area contributed by atoms with E-state index >= 15 is 0 Å². The first-order valence-corrected chi connectivity index (χ1v) is 7.72. The third-order valence-corrected chi connectivity index (χ3v) is 4.82. The predicted octanol–water partition coefficient (Wildman–Crippen LogP) is 1.82. The first-order valence-electron chi connectivity index (χ1n) is 6.10. The molecule has 0 bridgehead atoms. The van der Waals surface area contributed by atoms with Crippen molar-refractivity contribution < 1.29 is 4.21 Å². The second-order valence-electron chi connectivity index (χ2n) is 4.68. The SMILES string of the molecule is CC(CCNC1CCCCC1C#N)S(C)=O. The molecule has 1 aliphatic rings. The Morgan fingerprint density at radius 3 is 2.81 bits per heavy atom. The molecule has 0 spiro atoms. The Morgan fingerprint density at radius 1 is 1.50 bits per heavy atom. The van der Waals surface area contributed by atoms with Gasteiger partial charge in [0.05, 0.1) is 12.0 Å². The van der Waals surface area contributed by atoms with E-state index in [0.29, 0.717) is 6.04 Å². The number of hydrogen-bond acceptors (Lipinski definition) is 3. The van der Waals surface area contributed by atoms with Gasteiger partial charge in [0.15, 0.2) is 0 Å². The lowest BCUT2D eigenvalue weighted by molar-refractivity contribution is 0.312. The maximum absolute atomic E-state index is 11.2. The van der Waals surface area contributed by atoms with Crippen LogP contribution in [0, 0.1) is 17.2 Å². The monoisotopic (exact) mass is 242 g/mol. The van der Waals surface area contributed by atoms with Crippen LogP contribution in [0.1, 0.15) is 39.0 Å². The van der Waals surface area contributed by atoms with Gasteiger partial charge in [-0.25, -0.2) is 0 Å². The molecule has 3 nitrogen and oxygen atoms in total. The van der Waals surface area contributed by atoms with Crippen molar-refractivity contribution in [3.05, 3.63) is 0 Å². The summed E-state index contributed by atoms with van der Waals surface area (Å²) in [6, 6.07) is 2.75. The van der Waals surface area contributed by atoms with E-state index in [9.17, 15) is 4.21 Å². The minimum absolute atomic E-state index is 0.177.